The molecule has 5 heteroatoms. The number of carbonyl (C=O) groups is 1. The van der Waals surface area contributed by atoms with E-state index in [1.165, 1.54) is 0 Å². The maximum atomic E-state index is 12.2. The van der Waals surface area contributed by atoms with Crippen LogP contribution in [0.1, 0.15) is 25.3 Å². The second-order valence-electron chi connectivity index (χ2n) is 4.82. The smallest absolute Gasteiger partial charge is 0.242 e. The second-order valence-corrected chi connectivity index (χ2v) is 4.82. The van der Waals surface area contributed by atoms with Gasteiger partial charge in [-0.1, -0.05) is 12.1 Å². The number of benzene rings is 1. The molecule has 1 aliphatic carbocycles. The molecule has 106 valence electrons. The van der Waals surface area contributed by atoms with Gasteiger partial charge in [-0.15, -0.1) is 12.4 Å². The molecule has 0 saturated heterocycles. The van der Waals surface area contributed by atoms with Gasteiger partial charge in [0.15, 0.2) is 0 Å². The van der Waals surface area contributed by atoms with Gasteiger partial charge in [-0.3, -0.25) is 4.79 Å². The lowest BCUT2D eigenvalue weighted by molar-refractivity contribution is -0.134. The van der Waals surface area contributed by atoms with Crippen LogP contribution in [-0.4, -0.2) is 30.0 Å². The first-order chi connectivity index (χ1) is 8.59. The van der Waals surface area contributed by atoms with E-state index in [0.717, 1.165) is 24.2 Å². The van der Waals surface area contributed by atoms with Crippen LogP contribution < -0.4 is 10.5 Å². The van der Waals surface area contributed by atoms with Crippen LogP contribution in [0.5, 0.6) is 5.75 Å². The Balaban J connectivity index is 0.00000180. The highest BCUT2D eigenvalue weighted by atomic mass is 35.5. The van der Waals surface area contributed by atoms with Gasteiger partial charge in [0.2, 0.25) is 5.91 Å². The Hall–Kier alpha value is -1.26. The predicted molar refractivity (Wildman–Crippen MR) is 77.5 cm³/mol. The highest BCUT2D eigenvalue weighted by Crippen LogP contribution is 2.34. The maximum Gasteiger partial charge on any atom is 0.242 e. The minimum atomic E-state index is -0.581. The molecule has 0 aromatic heterocycles. The lowest BCUT2D eigenvalue weighted by atomic mass is 10.1. The van der Waals surface area contributed by atoms with E-state index in [2.05, 4.69) is 0 Å². The van der Waals surface area contributed by atoms with E-state index >= 15 is 0 Å². The number of amides is 1. The van der Waals surface area contributed by atoms with E-state index in [0.29, 0.717) is 13.1 Å². The summed E-state index contributed by atoms with van der Waals surface area (Å²) in [6.45, 7) is 3.27. The molecule has 0 radical (unpaired) electrons. The molecule has 0 spiro atoms. The van der Waals surface area contributed by atoms with Crippen LogP contribution in [0.15, 0.2) is 24.3 Å². The fraction of sp³-hybridized carbons (Fsp3) is 0.500. The number of hydrogen-bond acceptors (Lipinski definition) is 3. The third kappa shape index (κ3) is 3.61. The molecule has 2 rings (SSSR count). The standard InChI is InChI=1S/C14H20N2O2.ClH/c1-3-16(13(17)14(15)8-9-14)10-11-4-6-12(18-2)7-5-11;/h4-7H,3,8-10,15H2,1-2H3;1H. The van der Waals surface area contributed by atoms with E-state index in [1.54, 1.807) is 7.11 Å². The first kappa shape index (κ1) is 15.8. The number of likely N-dealkylation sites (N-methyl/N-ethyl adjacent to an activating group) is 1. The van der Waals surface area contributed by atoms with Crippen LogP contribution in [0.3, 0.4) is 0 Å². The molecule has 1 aromatic carbocycles. The van der Waals surface area contributed by atoms with Crippen molar-refractivity contribution in [2.75, 3.05) is 13.7 Å². The third-order valence-corrected chi connectivity index (χ3v) is 3.42. The summed E-state index contributed by atoms with van der Waals surface area (Å²) in [7, 11) is 1.64. The van der Waals surface area contributed by atoms with Gasteiger partial charge in [0.05, 0.1) is 12.6 Å². The Kier molecular flexibility index (Phi) is 5.20. The van der Waals surface area contributed by atoms with E-state index in [1.807, 2.05) is 36.1 Å². The molecule has 1 aliphatic rings. The van der Waals surface area contributed by atoms with Crippen LogP contribution >= 0.6 is 12.4 Å². The third-order valence-electron chi connectivity index (χ3n) is 3.42. The molecule has 1 aromatic rings. The Morgan fingerprint density at radius 1 is 1.37 bits per heavy atom. The first-order valence-corrected chi connectivity index (χ1v) is 6.30. The highest BCUT2D eigenvalue weighted by molar-refractivity contribution is 5.89. The number of methoxy groups -OCH3 is 1. The Morgan fingerprint density at radius 3 is 2.37 bits per heavy atom. The summed E-state index contributed by atoms with van der Waals surface area (Å²) in [5.74, 6) is 0.895. The number of halogens is 1. The number of ether oxygens (including phenoxy) is 1. The van der Waals surface area contributed by atoms with Crippen molar-refractivity contribution >= 4 is 18.3 Å². The van der Waals surface area contributed by atoms with Crippen molar-refractivity contribution in [1.29, 1.82) is 0 Å². The van der Waals surface area contributed by atoms with E-state index in [-0.39, 0.29) is 18.3 Å². The van der Waals surface area contributed by atoms with Gasteiger partial charge in [0.1, 0.15) is 5.75 Å². The predicted octanol–water partition coefficient (Wildman–Crippen LogP) is 1.96. The second kappa shape index (κ2) is 6.26. The summed E-state index contributed by atoms with van der Waals surface area (Å²) in [6, 6.07) is 7.77. The van der Waals surface area contributed by atoms with Crippen LogP contribution in [0, 0.1) is 0 Å². The quantitative estimate of drug-likeness (QED) is 0.899. The minimum absolute atomic E-state index is 0. The Bertz CT molecular complexity index is 430. The summed E-state index contributed by atoms with van der Waals surface area (Å²) in [4.78, 5) is 14.0. The normalized spacial score (nSPS) is 15.3. The molecule has 0 bridgehead atoms. The zero-order valence-electron chi connectivity index (χ0n) is 11.4. The van der Waals surface area contributed by atoms with Gasteiger partial charge in [0.25, 0.3) is 0 Å². The molecule has 0 heterocycles. The summed E-state index contributed by atoms with van der Waals surface area (Å²) in [5, 5.41) is 0. The zero-order chi connectivity index (χ0) is 13.2. The molecular formula is C14H21ClN2O2. The number of rotatable bonds is 5. The SMILES string of the molecule is CCN(Cc1ccc(OC)cc1)C(=O)C1(N)CC1.Cl. The van der Waals surface area contributed by atoms with Gasteiger partial charge in [-0.05, 0) is 37.5 Å². The van der Waals surface area contributed by atoms with Gasteiger partial charge >= 0.3 is 0 Å². The van der Waals surface area contributed by atoms with Crippen molar-refractivity contribution in [2.45, 2.75) is 31.8 Å². The number of carbonyl (C=O) groups excluding carboxylic acids is 1. The van der Waals surface area contributed by atoms with Crippen molar-refractivity contribution in [3.8, 4) is 5.75 Å². The van der Waals surface area contributed by atoms with E-state index < -0.39 is 5.54 Å². The lowest BCUT2D eigenvalue weighted by Crippen LogP contribution is -2.45. The molecule has 1 saturated carbocycles. The topological polar surface area (TPSA) is 55.6 Å². The van der Waals surface area contributed by atoms with Crippen molar-refractivity contribution in [2.24, 2.45) is 5.73 Å². The van der Waals surface area contributed by atoms with Crippen molar-refractivity contribution < 1.29 is 9.53 Å². The van der Waals surface area contributed by atoms with E-state index in [9.17, 15) is 4.79 Å². The average Bonchev–Trinajstić information content (AvgIpc) is 3.15. The fourth-order valence-electron chi connectivity index (χ4n) is 1.94. The van der Waals surface area contributed by atoms with Crippen molar-refractivity contribution in [1.82, 2.24) is 4.90 Å². The average molecular weight is 285 g/mol. The zero-order valence-corrected chi connectivity index (χ0v) is 12.2. The summed E-state index contributed by atoms with van der Waals surface area (Å²) in [5.41, 5.74) is 6.47. The largest absolute Gasteiger partial charge is 0.497 e. The number of hydrogen-bond donors (Lipinski definition) is 1. The van der Waals surface area contributed by atoms with Crippen LogP contribution in [-0.2, 0) is 11.3 Å². The molecule has 1 fully saturated rings. The molecule has 0 aliphatic heterocycles. The monoisotopic (exact) mass is 284 g/mol. The van der Waals surface area contributed by atoms with Crippen LogP contribution in [0.4, 0.5) is 0 Å². The summed E-state index contributed by atoms with van der Waals surface area (Å²) in [6.07, 6.45) is 1.62. The Labute approximate surface area is 120 Å². The molecular weight excluding hydrogens is 264 g/mol. The molecule has 0 unspecified atom stereocenters. The number of nitrogens with two attached hydrogens (primary N) is 1. The van der Waals surface area contributed by atoms with Crippen LogP contribution in [0.25, 0.3) is 0 Å². The van der Waals surface area contributed by atoms with Crippen LogP contribution in [0.2, 0.25) is 0 Å². The highest BCUT2D eigenvalue weighted by Gasteiger charge is 2.47. The van der Waals surface area contributed by atoms with Gasteiger partial charge < -0.3 is 15.4 Å². The molecule has 19 heavy (non-hydrogen) atoms. The first-order valence-electron chi connectivity index (χ1n) is 6.30. The summed E-state index contributed by atoms with van der Waals surface area (Å²) < 4.78 is 5.11. The summed E-state index contributed by atoms with van der Waals surface area (Å²) >= 11 is 0. The molecule has 2 N–H and O–H groups in total. The van der Waals surface area contributed by atoms with Gasteiger partial charge in [0, 0.05) is 13.1 Å². The fourth-order valence-corrected chi connectivity index (χ4v) is 1.94. The number of nitrogens with zero attached hydrogens (tertiary/aromatic N) is 1. The molecule has 0 atom stereocenters. The van der Waals surface area contributed by atoms with Gasteiger partial charge in [-0.25, -0.2) is 0 Å². The van der Waals surface area contributed by atoms with Crippen molar-refractivity contribution in [3.63, 3.8) is 0 Å². The lowest BCUT2D eigenvalue weighted by Gasteiger charge is -2.24. The maximum absolute atomic E-state index is 12.2. The van der Waals surface area contributed by atoms with Gasteiger partial charge in [-0.2, -0.15) is 0 Å². The minimum Gasteiger partial charge on any atom is -0.497 e. The Morgan fingerprint density at radius 2 is 1.95 bits per heavy atom. The molecule has 4 nitrogen and oxygen atoms in total. The molecule has 1 amide bonds. The van der Waals surface area contributed by atoms with E-state index in [4.69, 9.17) is 10.5 Å². The van der Waals surface area contributed by atoms with Crippen molar-refractivity contribution in [3.05, 3.63) is 29.8 Å².